The highest BCUT2D eigenvalue weighted by Crippen LogP contribution is 2.49. The molecule has 4 nitrogen and oxygen atoms in total. The van der Waals surface area contributed by atoms with E-state index in [2.05, 4.69) is 4.98 Å². The number of aromatic amines is 1. The van der Waals surface area contributed by atoms with E-state index in [0.29, 0.717) is 16.5 Å². The molecular formula is C18H15F3N2O2. The van der Waals surface area contributed by atoms with Gasteiger partial charge in [0.1, 0.15) is 0 Å². The van der Waals surface area contributed by atoms with Gasteiger partial charge in [-0.15, -0.1) is 0 Å². The Balaban J connectivity index is 2.43. The van der Waals surface area contributed by atoms with Crippen LogP contribution in [0.3, 0.4) is 0 Å². The van der Waals surface area contributed by atoms with Crippen LogP contribution in [0.15, 0.2) is 54.7 Å². The van der Waals surface area contributed by atoms with E-state index in [9.17, 15) is 23.3 Å². The molecule has 25 heavy (non-hydrogen) atoms. The third-order valence-corrected chi connectivity index (χ3v) is 4.50. The number of rotatable bonds is 4. The van der Waals surface area contributed by atoms with Crippen molar-refractivity contribution in [3.63, 3.8) is 0 Å². The first-order chi connectivity index (χ1) is 11.8. The molecule has 0 fully saturated rings. The molecule has 0 aliphatic rings. The minimum atomic E-state index is -4.85. The topological polar surface area (TPSA) is 58.9 Å². The molecule has 0 aliphatic carbocycles. The summed E-state index contributed by atoms with van der Waals surface area (Å²) in [6.07, 6.45) is -3.62. The third kappa shape index (κ3) is 2.65. The van der Waals surface area contributed by atoms with Gasteiger partial charge in [0.05, 0.1) is 0 Å². The Kier molecular flexibility index (Phi) is 4.02. The van der Waals surface area contributed by atoms with Gasteiger partial charge in [-0.2, -0.15) is 13.2 Å². The molecule has 3 rings (SSSR count). The highest BCUT2D eigenvalue weighted by molar-refractivity contribution is 5.85. The van der Waals surface area contributed by atoms with Crippen LogP contribution in [0.1, 0.15) is 16.7 Å². The summed E-state index contributed by atoms with van der Waals surface area (Å²) >= 11 is 0. The molecule has 3 aromatic rings. The van der Waals surface area contributed by atoms with Crippen LogP contribution in [0.2, 0.25) is 0 Å². The van der Waals surface area contributed by atoms with Crippen LogP contribution in [0.4, 0.5) is 13.2 Å². The maximum atomic E-state index is 14.4. The zero-order valence-corrected chi connectivity index (χ0v) is 13.3. The standard InChI is InChI=1S/C18H15F3N2O2/c1-12-6-2-4-8-14(12)17(11-23(24)25,18(19,20)21)15-10-22-16-9-5-3-7-13(15)16/h2-10,22H,11H2,1H3/t17-/m1/s1. The monoisotopic (exact) mass is 348 g/mol. The lowest BCUT2D eigenvalue weighted by Gasteiger charge is -2.34. The number of halogens is 3. The number of fused-ring (bicyclic) bond motifs is 1. The fraction of sp³-hybridized carbons (Fsp3) is 0.222. The van der Waals surface area contributed by atoms with Gasteiger partial charge in [0.2, 0.25) is 6.54 Å². The van der Waals surface area contributed by atoms with E-state index in [0.717, 1.165) is 0 Å². The molecule has 0 bridgehead atoms. The number of para-hydroxylation sites is 1. The molecule has 0 saturated heterocycles. The van der Waals surface area contributed by atoms with Gasteiger partial charge in [-0.1, -0.05) is 42.5 Å². The molecule has 0 radical (unpaired) electrons. The van der Waals surface area contributed by atoms with Gasteiger partial charge < -0.3 is 4.98 Å². The van der Waals surface area contributed by atoms with Gasteiger partial charge in [0.25, 0.3) is 0 Å². The fourth-order valence-corrected chi connectivity index (χ4v) is 3.38. The average Bonchev–Trinajstić information content (AvgIpc) is 2.96. The second-order valence-corrected chi connectivity index (χ2v) is 5.96. The van der Waals surface area contributed by atoms with Gasteiger partial charge in [-0.25, -0.2) is 0 Å². The van der Waals surface area contributed by atoms with Crippen molar-refractivity contribution in [2.45, 2.75) is 18.5 Å². The summed E-state index contributed by atoms with van der Waals surface area (Å²) in [6.45, 7) is 0.258. The average molecular weight is 348 g/mol. The maximum Gasteiger partial charge on any atom is 0.408 e. The Morgan fingerprint density at radius 3 is 2.32 bits per heavy atom. The molecule has 0 amide bonds. The van der Waals surface area contributed by atoms with E-state index in [1.165, 1.54) is 31.3 Å². The van der Waals surface area contributed by atoms with E-state index in [1.807, 2.05) is 0 Å². The Bertz CT molecular complexity index is 933. The fourth-order valence-electron chi connectivity index (χ4n) is 3.38. The van der Waals surface area contributed by atoms with E-state index >= 15 is 0 Å². The number of alkyl halides is 3. The molecular weight excluding hydrogens is 333 g/mol. The molecule has 0 unspecified atom stereocenters. The molecule has 7 heteroatoms. The van der Waals surface area contributed by atoms with E-state index in [1.54, 1.807) is 30.3 Å². The lowest BCUT2D eigenvalue weighted by molar-refractivity contribution is -0.498. The molecule has 2 aromatic carbocycles. The highest BCUT2D eigenvalue weighted by Gasteiger charge is 2.62. The van der Waals surface area contributed by atoms with Crippen molar-refractivity contribution in [2.24, 2.45) is 0 Å². The molecule has 130 valence electrons. The molecule has 0 saturated carbocycles. The number of aromatic nitrogens is 1. The zero-order valence-electron chi connectivity index (χ0n) is 13.3. The summed E-state index contributed by atoms with van der Waals surface area (Å²) in [5.74, 6) is 0. The van der Waals surface area contributed by atoms with Crippen LogP contribution in [-0.4, -0.2) is 22.6 Å². The highest BCUT2D eigenvalue weighted by atomic mass is 19.4. The zero-order chi connectivity index (χ0) is 18.2. The van der Waals surface area contributed by atoms with Crippen molar-refractivity contribution >= 4 is 10.9 Å². The van der Waals surface area contributed by atoms with E-state index in [4.69, 9.17) is 0 Å². The van der Waals surface area contributed by atoms with Crippen LogP contribution in [0.5, 0.6) is 0 Å². The first-order valence-electron chi connectivity index (χ1n) is 7.58. The number of hydrogen-bond acceptors (Lipinski definition) is 2. The number of aryl methyl sites for hydroxylation is 1. The lowest BCUT2D eigenvalue weighted by atomic mass is 9.72. The Hall–Kier alpha value is -2.83. The second-order valence-electron chi connectivity index (χ2n) is 5.96. The number of hydrogen-bond donors (Lipinski definition) is 1. The number of benzene rings is 2. The normalized spacial score (nSPS) is 14.4. The lowest BCUT2D eigenvalue weighted by Crippen LogP contribution is -2.49. The Morgan fingerprint density at radius 1 is 1.04 bits per heavy atom. The molecule has 1 atom stereocenters. The van der Waals surface area contributed by atoms with Crippen LogP contribution in [0.25, 0.3) is 10.9 Å². The summed E-state index contributed by atoms with van der Waals surface area (Å²) in [4.78, 5) is 13.2. The van der Waals surface area contributed by atoms with Crippen molar-refractivity contribution in [1.82, 2.24) is 4.98 Å². The van der Waals surface area contributed by atoms with Crippen molar-refractivity contribution in [3.8, 4) is 0 Å². The number of nitrogens with one attached hydrogen (secondary N) is 1. The van der Waals surface area contributed by atoms with Gasteiger partial charge in [0.15, 0.2) is 5.41 Å². The van der Waals surface area contributed by atoms with Crippen molar-refractivity contribution in [1.29, 1.82) is 0 Å². The maximum absolute atomic E-state index is 14.4. The van der Waals surface area contributed by atoms with Gasteiger partial charge in [-0.3, -0.25) is 10.1 Å². The molecule has 0 aliphatic heterocycles. The first kappa shape index (κ1) is 17.0. The number of nitro groups is 1. The molecule has 0 spiro atoms. The summed E-state index contributed by atoms with van der Waals surface area (Å²) in [6, 6.07) is 12.4. The number of H-pyrrole nitrogens is 1. The summed E-state index contributed by atoms with van der Waals surface area (Å²) in [7, 11) is 0. The smallest absolute Gasteiger partial charge is 0.361 e. The van der Waals surface area contributed by atoms with E-state index < -0.39 is 23.1 Å². The predicted molar refractivity (Wildman–Crippen MR) is 88.2 cm³/mol. The van der Waals surface area contributed by atoms with Crippen LogP contribution in [0, 0.1) is 17.0 Å². The second kappa shape index (κ2) is 5.91. The van der Waals surface area contributed by atoms with Crippen LogP contribution < -0.4 is 0 Å². The summed E-state index contributed by atoms with van der Waals surface area (Å²) < 4.78 is 43.1. The predicted octanol–water partition coefficient (Wildman–Crippen LogP) is 4.60. The Morgan fingerprint density at radius 2 is 1.68 bits per heavy atom. The van der Waals surface area contributed by atoms with Crippen LogP contribution in [-0.2, 0) is 5.41 Å². The van der Waals surface area contributed by atoms with Crippen molar-refractivity contribution < 1.29 is 18.1 Å². The van der Waals surface area contributed by atoms with Crippen molar-refractivity contribution in [3.05, 3.63) is 81.5 Å². The van der Waals surface area contributed by atoms with Gasteiger partial charge in [0, 0.05) is 27.6 Å². The third-order valence-electron chi connectivity index (χ3n) is 4.50. The van der Waals surface area contributed by atoms with Gasteiger partial charge >= 0.3 is 6.18 Å². The minimum absolute atomic E-state index is 0.107. The molecule has 1 aromatic heterocycles. The largest absolute Gasteiger partial charge is 0.408 e. The number of nitrogens with zero attached hydrogens (tertiary/aromatic N) is 1. The minimum Gasteiger partial charge on any atom is -0.361 e. The SMILES string of the molecule is Cc1ccccc1[C@](C[N+](=O)[O-])(c1c[nH]c2ccccc12)C(F)(F)F. The molecule has 1 heterocycles. The van der Waals surface area contributed by atoms with Crippen LogP contribution >= 0.6 is 0 Å². The van der Waals surface area contributed by atoms with E-state index in [-0.39, 0.29) is 11.1 Å². The Labute approximate surface area is 141 Å². The first-order valence-corrected chi connectivity index (χ1v) is 7.58. The van der Waals surface area contributed by atoms with Gasteiger partial charge in [-0.05, 0) is 24.1 Å². The summed E-state index contributed by atoms with van der Waals surface area (Å²) in [5.41, 5.74) is -2.12. The molecule has 1 N–H and O–H groups in total. The summed E-state index contributed by atoms with van der Waals surface area (Å²) in [5, 5.41) is 11.6. The quantitative estimate of drug-likeness (QED) is 0.553. The van der Waals surface area contributed by atoms with Crippen molar-refractivity contribution in [2.75, 3.05) is 6.54 Å².